The predicted molar refractivity (Wildman–Crippen MR) is 70.7 cm³/mol. The van der Waals surface area contributed by atoms with Crippen molar-refractivity contribution in [3.63, 3.8) is 0 Å². The fourth-order valence-electron chi connectivity index (χ4n) is 1.66. The average Bonchev–Trinajstić information content (AvgIpc) is 2.45. The van der Waals surface area contributed by atoms with Gasteiger partial charge in [0, 0.05) is 0 Å². The van der Waals surface area contributed by atoms with Crippen LogP contribution in [-0.4, -0.2) is 18.2 Å². The van der Waals surface area contributed by atoms with Crippen LogP contribution in [0.25, 0.3) is 0 Å². The lowest BCUT2D eigenvalue weighted by molar-refractivity contribution is 0.0696. The molecule has 0 spiro atoms. The topological polar surface area (TPSA) is 55.8 Å². The third-order valence-corrected chi connectivity index (χ3v) is 2.65. The summed E-state index contributed by atoms with van der Waals surface area (Å²) in [5, 5.41) is 8.91. The van der Waals surface area contributed by atoms with Crippen molar-refractivity contribution >= 4 is 5.97 Å². The van der Waals surface area contributed by atoms with Crippen molar-refractivity contribution in [2.45, 2.75) is 6.61 Å². The molecule has 0 bridgehead atoms. The van der Waals surface area contributed by atoms with Crippen molar-refractivity contribution < 1.29 is 19.4 Å². The van der Waals surface area contributed by atoms with Crippen molar-refractivity contribution in [1.82, 2.24) is 0 Å². The number of rotatable bonds is 5. The first kappa shape index (κ1) is 13.0. The highest BCUT2D eigenvalue weighted by Gasteiger charge is 2.09. The molecule has 0 aliphatic heterocycles. The monoisotopic (exact) mass is 259 g/mol. The molecule has 0 saturated heterocycles. The van der Waals surface area contributed by atoms with Gasteiger partial charge in [-0.15, -0.1) is 0 Å². The number of carboxylic acids is 1. The Kier molecular flexibility index (Phi) is 4.03. The van der Waals surface area contributed by atoms with Crippen LogP contribution in [0.5, 0.6) is 11.5 Å². The maximum Gasteiger partial charge on any atom is 0.335 e. The largest absolute Gasteiger partial charge is 0.493 e. The minimum Gasteiger partial charge on any atom is -0.493 e. The predicted octanol–water partition coefficient (Wildman–Crippen LogP) is 2.97. The molecule has 0 radical (unpaired) electrons. The second-order valence-electron chi connectivity index (χ2n) is 3.95. The van der Waals surface area contributed by atoms with E-state index in [9.17, 15) is 4.79 Å². The Balaban J connectivity index is 2.14. The van der Waals surface area contributed by atoms with Gasteiger partial charge in [0.1, 0.15) is 6.61 Å². The molecule has 19 heavy (non-hydrogen) atoms. The lowest BCUT2D eigenvalue weighted by Gasteiger charge is -2.11. The van der Waals surface area contributed by atoms with E-state index in [1.807, 2.05) is 30.3 Å². The van der Waals surface area contributed by atoms with Gasteiger partial charge in [-0.1, -0.05) is 30.3 Å². The quantitative estimate of drug-likeness (QED) is 0.839. The summed E-state index contributed by atoms with van der Waals surface area (Å²) in [6.45, 7) is 0.406. The van der Waals surface area contributed by atoms with Crippen LogP contribution >= 0.6 is 0 Å². The molecule has 0 atom stereocenters. The summed E-state index contributed by atoms with van der Waals surface area (Å²) in [4.78, 5) is 10.9. The maximum atomic E-state index is 10.9. The zero-order valence-corrected chi connectivity index (χ0v) is 10.5. The summed E-state index contributed by atoms with van der Waals surface area (Å²) in [7, 11) is 1.48. The first-order chi connectivity index (χ1) is 9.20. The molecule has 2 aromatic rings. The van der Waals surface area contributed by atoms with Gasteiger partial charge in [0.25, 0.3) is 0 Å². The Morgan fingerprint density at radius 1 is 1.11 bits per heavy atom. The molecule has 0 aliphatic rings. The van der Waals surface area contributed by atoms with Gasteiger partial charge in [-0.05, 0) is 23.8 Å². The van der Waals surface area contributed by atoms with Gasteiger partial charge in [-0.3, -0.25) is 0 Å². The van der Waals surface area contributed by atoms with Crippen LogP contribution in [0.15, 0.2) is 48.5 Å². The van der Waals surface area contributed by atoms with Crippen LogP contribution in [0.1, 0.15) is 15.9 Å². The Bertz CT molecular complexity index is 564. The standard InChI is InChI=1S/C15H14O4/c1-18-14-9-12(15(16)17)7-8-13(14)19-10-11-5-3-2-4-6-11/h2-9H,10H2,1H3,(H,16,17)/i15+1. The number of aromatic carboxylic acids is 1. The van der Waals surface area contributed by atoms with Crippen LogP contribution in [0.2, 0.25) is 0 Å². The van der Waals surface area contributed by atoms with Gasteiger partial charge >= 0.3 is 5.97 Å². The Morgan fingerprint density at radius 2 is 1.84 bits per heavy atom. The number of methoxy groups -OCH3 is 1. The molecule has 0 unspecified atom stereocenters. The molecule has 2 aromatic carbocycles. The smallest absolute Gasteiger partial charge is 0.335 e. The summed E-state index contributed by atoms with van der Waals surface area (Å²) >= 11 is 0. The van der Waals surface area contributed by atoms with Gasteiger partial charge < -0.3 is 14.6 Å². The third kappa shape index (κ3) is 3.25. The van der Waals surface area contributed by atoms with E-state index in [0.717, 1.165) is 5.56 Å². The number of carbonyl (C=O) groups is 1. The molecule has 0 aliphatic carbocycles. The molecule has 0 saturated carbocycles. The van der Waals surface area contributed by atoms with E-state index in [-0.39, 0.29) is 5.56 Å². The Labute approximate surface area is 111 Å². The normalized spacial score (nSPS) is 9.95. The molecule has 1 N–H and O–H groups in total. The third-order valence-electron chi connectivity index (χ3n) is 2.65. The molecule has 2 rings (SSSR count). The molecular formula is C15H14O4. The number of ether oxygens (including phenoxy) is 2. The second kappa shape index (κ2) is 5.91. The highest BCUT2D eigenvalue weighted by molar-refractivity contribution is 5.88. The van der Waals surface area contributed by atoms with E-state index >= 15 is 0 Å². The van der Waals surface area contributed by atoms with Crippen LogP contribution in [0, 0.1) is 0 Å². The van der Waals surface area contributed by atoms with E-state index in [1.165, 1.54) is 19.2 Å². The van der Waals surface area contributed by atoms with E-state index in [2.05, 4.69) is 0 Å². The lowest BCUT2D eigenvalue weighted by Crippen LogP contribution is -2.00. The first-order valence-electron chi connectivity index (χ1n) is 5.79. The second-order valence-corrected chi connectivity index (χ2v) is 3.95. The molecule has 0 aromatic heterocycles. The van der Waals surface area contributed by atoms with Crippen LogP contribution in [0.4, 0.5) is 0 Å². The van der Waals surface area contributed by atoms with Gasteiger partial charge in [-0.25, -0.2) is 4.79 Å². The fourth-order valence-corrected chi connectivity index (χ4v) is 1.66. The van der Waals surface area contributed by atoms with Crippen molar-refractivity contribution in [1.29, 1.82) is 0 Å². The van der Waals surface area contributed by atoms with Crippen molar-refractivity contribution in [3.8, 4) is 11.5 Å². The van der Waals surface area contributed by atoms with E-state index in [1.54, 1.807) is 6.07 Å². The minimum absolute atomic E-state index is 0.170. The molecule has 4 heteroatoms. The number of hydrogen-bond donors (Lipinski definition) is 1. The van der Waals surface area contributed by atoms with Gasteiger partial charge in [0.2, 0.25) is 0 Å². The molecular weight excluding hydrogens is 245 g/mol. The summed E-state index contributed by atoms with van der Waals surface area (Å²) in [5.41, 5.74) is 1.20. The molecule has 4 nitrogen and oxygen atoms in total. The van der Waals surface area contributed by atoms with Gasteiger partial charge in [0.05, 0.1) is 12.7 Å². The highest BCUT2D eigenvalue weighted by Crippen LogP contribution is 2.28. The van der Waals surface area contributed by atoms with Crippen molar-refractivity contribution in [3.05, 3.63) is 59.7 Å². The van der Waals surface area contributed by atoms with Gasteiger partial charge in [0.15, 0.2) is 11.5 Å². The molecule has 0 amide bonds. The lowest BCUT2D eigenvalue weighted by atomic mass is 10.2. The van der Waals surface area contributed by atoms with E-state index < -0.39 is 5.97 Å². The zero-order chi connectivity index (χ0) is 13.7. The average molecular weight is 259 g/mol. The number of hydrogen-bond acceptors (Lipinski definition) is 3. The van der Waals surface area contributed by atoms with Crippen molar-refractivity contribution in [2.75, 3.05) is 7.11 Å². The van der Waals surface area contributed by atoms with Crippen LogP contribution in [-0.2, 0) is 6.61 Å². The SMILES string of the molecule is COc1cc([13C](=O)O)ccc1OCc1ccccc1. The number of carboxylic acid groups (broad SMARTS) is 1. The Morgan fingerprint density at radius 3 is 2.47 bits per heavy atom. The zero-order valence-electron chi connectivity index (χ0n) is 10.5. The summed E-state index contributed by atoms with van der Waals surface area (Å²) < 4.78 is 10.8. The summed E-state index contributed by atoms with van der Waals surface area (Å²) in [6, 6.07) is 14.3. The Hall–Kier alpha value is -2.49. The van der Waals surface area contributed by atoms with Gasteiger partial charge in [-0.2, -0.15) is 0 Å². The van der Waals surface area contributed by atoms with Crippen molar-refractivity contribution in [2.24, 2.45) is 0 Å². The highest BCUT2D eigenvalue weighted by atomic mass is 16.5. The van der Waals surface area contributed by atoms with E-state index in [4.69, 9.17) is 14.6 Å². The first-order valence-corrected chi connectivity index (χ1v) is 5.79. The summed E-state index contributed by atoms with van der Waals surface area (Å²) in [6.07, 6.45) is 0. The van der Waals surface area contributed by atoms with Crippen LogP contribution in [0.3, 0.4) is 0 Å². The maximum absolute atomic E-state index is 10.9. The fraction of sp³-hybridized carbons (Fsp3) is 0.133. The molecule has 0 heterocycles. The minimum atomic E-state index is -0.993. The van der Waals surface area contributed by atoms with Crippen LogP contribution < -0.4 is 9.47 Å². The molecule has 98 valence electrons. The summed E-state index contributed by atoms with van der Waals surface area (Å²) in [5.74, 6) is -0.0555. The van der Waals surface area contributed by atoms with E-state index in [0.29, 0.717) is 18.1 Å². The number of benzene rings is 2. The molecule has 0 fully saturated rings.